The Morgan fingerprint density at radius 1 is 1.36 bits per heavy atom. The normalized spacial score (nSPS) is 21.3. The molecule has 1 aliphatic carbocycles. The number of nitrogens with one attached hydrogen (secondary N) is 1. The molecule has 0 aromatic rings. The van der Waals surface area contributed by atoms with Gasteiger partial charge in [0, 0.05) is 13.6 Å². The van der Waals surface area contributed by atoms with E-state index in [9.17, 15) is 4.79 Å². The molecule has 1 saturated carbocycles. The van der Waals surface area contributed by atoms with Crippen LogP contribution in [-0.4, -0.2) is 19.5 Å². The first-order chi connectivity index (χ1) is 6.79. The lowest BCUT2D eigenvalue weighted by atomic mass is 9.85. The van der Waals surface area contributed by atoms with Crippen molar-refractivity contribution in [2.75, 3.05) is 13.6 Å². The molecule has 0 bridgehead atoms. The van der Waals surface area contributed by atoms with Crippen molar-refractivity contribution < 1.29 is 4.79 Å². The Morgan fingerprint density at radius 3 is 2.36 bits per heavy atom. The second-order valence-electron chi connectivity index (χ2n) is 4.21. The van der Waals surface area contributed by atoms with Gasteiger partial charge in [0.25, 0.3) is 0 Å². The van der Waals surface area contributed by atoms with E-state index in [1.54, 1.807) is 7.05 Å². The van der Waals surface area contributed by atoms with Crippen molar-refractivity contribution in [2.24, 2.45) is 17.6 Å². The zero-order chi connectivity index (χ0) is 10.4. The van der Waals surface area contributed by atoms with Gasteiger partial charge < -0.3 is 11.1 Å². The fraction of sp³-hybridized carbons (Fsp3) is 0.909. The van der Waals surface area contributed by atoms with Gasteiger partial charge in [-0.2, -0.15) is 0 Å². The Hall–Kier alpha value is -0.570. The number of amides is 1. The summed E-state index contributed by atoms with van der Waals surface area (Å²) in [7, 11) is 1.70. The molecule has 0 spiro atoms. The summed E-state index contributed by atoms with van der Waals surface area (Å²) < 4.78 is 0. The van der Waals surface area contributed by atoms with Crippen LogP contribution in [0.5, 0.6) is 0 Å². The van der Waals surface area contributed by atoms with E-state index in [0.717, 1.165) is 0 Å². The minimum atomic E-state index is 0.0399. The minimum absolute atomic E-state index is 0.0399. The molecule has 0 heterocycles. The van der Waals surface area contributed by atoms with Crippen molar-refractivity contribution in [1.82, 2.24) is 5.32 Å². The summed E-state index contributed by atoms with van der Waals surface area (Å²) in [6, 6.07) is 0. The number of carbonyl (C=O) groups is 1. The van der Waals surface area contributed by atoms with Crippen molar-refractivity contribution in [3.05, 3.63) is 0 Å². The van der Waals surface area contributed by atoms with Gasteiger partial charge in [-0.05, 0) is 18.8 Å². The number of carbonyl (C=O) groups excluding carboxylic acids is 1. The molecule has 1 fully saturated rings. The van der Waals surface area contributed by atoms with Crippen LogP contribution < -0.4 is 11.1 Å². The van der Waals surface area contributed by atoms with Gasteiger partial charge in [0.1, 0.15) is 0 Å². The average Bonchev–Trinajstić information content (AvgIpc) is 2.47. The molecule has 1 amide bonds. The molecule has 14 heavy (non-hydrogen) atoms. The molecule has 0 radical (unpaired) electrons. The molecule has 0 aliphatic heterocycles. The van der Waals surface area contributed by atoms with E-state index in [1.165, 1.54) is 38.5 Å². The Bertz CT molecular complexity index is 174. The second kappa shape index (κ2) is 6.02. The van der Waals surface area contributed by atoms with Crippen molar-refractivity contribution >= 4 is 5.91 Å². The highest BCUT2D eigenvalue weighted by molar-refractivity contribution is 5.78. The Morgan fingerprint density at radius 2 is 1.93 bits per heavy atom. The first-order valence-electron chi connectivity index (χ1n) is 5.71. The van der Waals surface area contributed by atoms with Crippen LogP contribution in [0.4, 0.5) is 0 Å². The summed E-state index contributed by atoms with van der Waals surface area (Å²) in [5.41, 5.74) is 5.67. The molecule has 3 N–H and O–H groups in total. The first-order valence-corrected chi connectivity index (χ1v) is 5.71. The molecule has 0 saturated heterocycles. The Kier molecular flexibility index (Phi) is 4.94. The van der Waals surface area contributed by atoms with Crippen LogP contribution in [0.1, 0.15) is 38.5 Å². The van der Waals surface area contributed by atoms with Gasteiger partial charge in [-0.1, -0.05) is 25.7 Å². The molecule has 1 unspecified atom stereocenters. The highest BCUT2D eigenvalue weighted by Gasteiger charge is 2.26. The molecule has 1 atom stereocenters. The smallest absolute Gasteiger partial charge is 0.224 e. The predicted octanol–water partition coefficient (Wildman–Crippen LogP) is 1.28. The molecular weight excluding hydrogens is 176 g/mol. The highest BCUT2D eigenvalue weighted by atomic mass is 16.1. The van der Waals surface area contributed by atoms with Crippen molar-refractivity contribution in [3.63, 3.8) is 0 Å². The third-order valence-electron chi connectivity index (χ3n) is 3.31. The standard InChI is InChI=1S/C11H22N2O/c1-13-11(14)10(8-12)9-6-4-2-3-5-7-9/h9-10H,2-8,12H2,1H3,(H,13,14). The summed E-state index contributed by atoms with van der Waals surface area (Å²) in [6.07, 6.45) is 7.52. The zero-order valence-electron chi connectivity index (χ0n) is 9.09. The van der Waals surface area contributed by atoms with E-state index >= 15 is 0 Å². The third-order valence-corrected chi connectivity index (χ3v) is 3.31. The van der Waals surface area contributed by atoms with E-state index in [2.05, 4.69) is 5.32 Å². The minimum Gasteiger partial charge on any atom is -0.359 e. The summed E-state index contributed by atoms with van der Waals surface area (Å²) in [5, 5.41) is 2.71. The van der Waals surface area contributed by atoms with E-state index in [1.807, 2.05) is 0 Å². The number of hydrogen-bond acceptors (Lipinski definition) is 2. The molecule has 1 rings (SSSR count). The largest absolute Gasteiger partial charge is 0.359 e. The SMILES string of the molecule is CNC(=O)C(CN)C1CCCCCC1. The molecule has 0 aromatic heterocycles. The molecular formula is C11H22N2O. The fourth-order valence-corrected chi connectivity index (χ4v) is 2.41. The van der Waals surface area contributed by atoms with Gasteiger partial charge in [0.2, 0.25) is 5.91 Å². The van der Waals surface area contributed by atoms with Gasteiger partial charge in [0.15, 0.2) is 0 Å². The van der Waals surface area contributed by atoms with Crippen LogP contribution in [-0.2, 0) is 4.79 Å². The summed E-state index contributed by atoms with van der Waals surface area (Å²) in [5.74, 6) is 0.681. The molecule has 82 valence electrons. The Balaban J connectivity index is 2.52. The highest BCUT2D eigenvalue weighted by Crippen LogP contribution is 2.28. The van der Waals surface area contributed by atoms with Gasteiger partial charge in [0.05, 0.1) is 5.92 Å². The van der Waals surface area contributed by atoms with Crippen LogP contribution in [0, 0.1) is 11.8 Å². The van der Waals surface area contributed by atoms with E-state index in [-0.39, 0.29) is 11.8 Å². The van der Waals surface area contributed by atoms with Gasteiger partial charge in [-0.15, -0.1) is 0 Å². The molecule has 1 aliphatic rings. The first kappa shape index (κ1) is 11.5. The lowest BCUT2D eigenvalue weighted by Gasteiger charge is -2.23. The molecule has 3 nitrogen and oxygen atoms in total. The maximum absolute atomic E-state index is 11.6. The van der Waals surface area contributed by atoms with Crippen LogP contribution in [0.15, 0.2) is 0 Å². The van der Waals surface area contributed by atoms with E-state index in [4.69, 9.17) is 5.73 Å². The van der Waals surface area contributed by atoms with Crippen LogP contribution in [0.25, 0.3) is 0 Å². The maximum Gasteiger partial charge on any atom is 0.224 e. The number of hydrogen-bond donors (Lipinski definition) is 2. The molecule has 0 aromatic carbocycles. The van der Waals surface area contributed by atoms with Crippen molar-refractivity contribution in [3.8, 4) is 0 Å². The lowest BCUT2D eigenvalue weighted by Crippen LogP contribution is -2.37. The zero-order valence-corrected chi connectivity index (χ0v) is 9.09. The Labute approximate surface area is 86.4 Å². The van der Waals surface area contributed by atoms with Crippen LogP contribution >= 0.6 is 0 Å². The van der Waals surface area contributed by atoms with Crippen LogP contribution in [0.3, 0.4) is 0 Å². The monoisotopic (exact) mass is 198 g/mol. The number of nitrogens with two attached hydrogens (primary N) is 1. The quantitative estimate of drug-likeness (QED) is 0.671. The van der Waals surface area contributed by atoms with Gasteiger partial charge in [-0.3, -0.25) is 4.79 Å². The predicted molar refractivity (Wildman–Crippen MR) is 57.8 cm³/mol. The summed E-state index contributed by atoms with van der Waals surface area (Å²) in [4.78, 5) is 11.6. The molecule has 3 heteroatoms. The number of rotatable bonds is 3. The fourth-order valence-electron chi connectivity index (χ4n) is 2.41. The lowest BCUT2D eigenvalue weighted by molar-refractivity contribution is -0.126. The average molecular weight is 198 g/mol. The topological polar surface area (TPSA) is 55.1 Å². The van der Waals surface area contributed by atoms with E-state index in [0.29, 0.717) is 12.5 Å². The maximum atomic E-state index is 11.6. The van der Waals surface area contributed by atoms with E-state index < -0.39 is 0 Å². The van der Waals surface area contributed by atoms with Crippen LogP contribution in [0.2, 0.25) is 0 Å². The second-order valence-corrected chi connectivity index (χ2v) is 4.21. The van der Waals surface area contributed by atoms with Crippen molar-refractivity contribution in [2.45, 2.75) is 38.5 Å². The van der Waals surface area contributed by atoms with Crippen molar-refractivity contribution in [1.29, 1.82) is 0 Å². The summed E-state index contributed by atoms with van der Waals surface area (Å²) in [6.45, 7) is 0.490. The van der Waals surface area contributed by atoms with Gasteiger partial charge in [-0.25, -0.2) is 0 Å². The third kappa shape index (κ3) is 2.98. The summed E-state index contributed by atoms with van der Waals surface area (Å²) >= 11 is 0. The van der Waals surface area contributed by atoms with Gasteiger partial charge >= 0.3 is 0 Å².